The fourth-order valence-corrected chi connectivity index (χ4v) is 5.49. The molecule has 6 rings (SSSR count). The summed E-state index contributed by atoms with van der Waals surface area (Å²) in [5.41, 5.74) is 1.61. The Balaban J connectivity index is 1.27. The molecule has 1 aliphatic carbocycles. The van der Waals surface area contributed by atoms with Crippen LogP contribution in [-0.4, -0.2) is 102 Å². The zero-order valence-electron chi connectivity index (χ0n) is 22.5. The predicted molar refractivity (Wildman–Crippen MR) is 146 cm³/mol. The molecule has 2 aromatic heterocycles. The van der Waals surface area contributed by atoms with Crippen molar-refractivity contribution in [3.8, 4) is 0 Å². The Bertz CT molecular complexity index is 1170. The fraction of sp³-hybridized carbons (Fsp3) is 0.654. The maximum absolute atomic E-state index is 13.2. The molecule has 13 heteroatoms. The van der Waals surface area contributed by atoms with E-state index in [1.807, 2.05) is 11.0 Å². The Morgan fingerprint density at radius 3 is 2.74 bits per heavy atom. The molecule has 0 bridgehead atoms. The van der Waals surface area contributed by atoms with Gasteiger partial charge in [0.25, 0.3) is 0 Å². The maximum Gasteiger partial charge on any atom is 0.248 e. The minimum absolute atomic E-state index is 0.0802. The number of carbonyl (C=O) groups excluding carboxylic acids is 1. The van der Waals surface area contributed by atoms with E-state index in [2.05, 4.69) is 37.6 Å². The van der Waals surface area contributed by atoms with Crippen LogP contribution in [-0.2, 0) is 14.3 Å². The fourth-order valence-electron chi connectivity index (χ4n) is 5.49. The Morgan fingerprint density at radius 2 is 2.00 bits per heavy atom. The van der Waals surface area contributed by atoms with Crippen molar-refractivity contribution in [2.24, 2.45) is 0 Å². The lowest BCUT2D eigenvalue weighted by Crippen LogP contribution is -2.48. The second kappa shape index (κ2) is 11.4. The third kappa shape index (κ3) is 5.99. The van der Waals surface area contributed by atoms with Crippen molar-refractivity contribution in [3.05, 3.63) is 23.9 Å². The number of nitrogens with one attached hydrogen (secondary N) is 4. The predicted octanol–water partition coefficient (Wildman–Crippen LogP) is 1.07. The van der Waals surface area contributed by atoms with Gasteiger partial charge in [-0.2, -0.15) is 20.1 Å². The molecule has 5 heterocycles. The lowest BCUT2D eigenvalue weighted by Gasteiger charge is -2.30. The Morgan fingerprint density at radius 1 is 1.18 bits per heavy atom. The molecule has 0 radical (unpaired) electrons. The molecule has 39 heavy (non-hydrogen) atoms. The van der Waals surface area contributed by atoms with E-state index >= 15 is 0 Å². The molecule has 4 aliphatic rings. The third-order valence-corrected chi connectivity index (χ3v) is 7.94. The van der Waals surface area contributed by atoms with E-state index in [0.29, 0.717) is 74.4 Å². The number of aromatic nitrogens is 5. The quantitative estimate of drug-likeness (QED) is 0.340. The van der Waals surface area contributed by atoms with Crippen molar-refractivity contribution < 1.29 is 14.3 Å². The van der Waals surface area contributed by atoms with E-state index in [1.165, 1.54) is 12.8 Å². The summed E-state index contributed by atoms with van der Waals surface area (Å²) in [5, 5.41) is 17.3. The minimum Gasteiger partial charge on any atom is -0.380 e. The summed E-state index contributed by atoms with van der Waals surface area (Å²) in [7, 11) is 1.69. The number of H-pyrrole nitrogens is 1. The molecule has 1 amide bonds. The third-order valence-electron chi connectivity index (χ3n) is 7.94. The van der Waals surface area contributed by atoms with Crippen molar-refractivity contribution >= 4 is 29.6 Å². The molecule has 13 nitrogen and oxygen atoms in total. The summed E-state index contributed by atoms with van der Waals surface area (Å²) < 4.78 is 11.3. The van der Waals surface area contributed by atoms with Crippen molar-refractivity contribution in [2.75, 3.05) is 68.2 Å². The normalized spacial score (nSPS) is 25.5. The summed E-state index contributed by atoms with van der Waals surface area (Å²) in [6, 6.07) is 1.82. The molecular weight excluding hydrogens is 500 g/mol. The molecule has 4 fully saturated rings. The zero-order valence-corrected chi connectivity index (χ0v) is 22.5. The molecule has 0 spiro atoms. The van der Waals surface area contributed by atoms with Gasteiger partial charge in [-0.05, 0) is 32.2 Å². The van der Waals surface area contributed by atoms with Crippen LogP contribution in [0.25, 0.3) is 0 Å². The number of amides is 1. The van der Waals surface area contributed by atoms with Crippen molar-refractivity contribution in [1.82, 2.24) is 35.8 Å². The Hall–Kier alpha value is -3.29. The van der Waals surface area contributed by atoms with E-state index < -0.39 is 0 Å². The highest BCUT2D eigenvalue weighted by molar-refractivity contribution is 5.95. The van der Waals surface area contributed by atoms with Gasteiger partial charge in [0, 0.05) is 69.0 Å². The number of aromatic amines is 1. The first-order valence-corrected chi connectivity index (χ1v) is 14.0. The monoisotopic (exact) mass is 538 g/mol. The molecule has 0 unspecified atom stereocenters. The average Bonchev–Trinajstić information content (AvgIpc) is 3.56. The molecule has 210 valence electrons. The first-order valence-electron chi connectivity index (χ1n) is 14.0. The van der Waals surface area contributed by atoms with Crippen LogP contribution in [0.4, 0.5) is 23.7 Å². The number of hydrogen-bond acceptors (Lipinski definition) is 11. The van der Waals surface area contributed by atoms with Crippen molar-refractivity contribution in [2.45, 2.75) is 56.2 Å². The largest absolute Gasteiger partial charge is 0.380 e. The highest BCUT2D eigenvalue weighted by Crippen LogP contribution is 2.39. The molecule has 0 aromatic carbocycles. The van der Waals surface area contributed by atoms with Gasteiger partial charge in [-0.1, -0.05) is 6.58 Å². The summed E-state index contributed by atoms with van der Waals surface area (Å²) in [5.74, 6) is 2.53. The van der Waals surface area contributed by atoms with Crippen LogP contribution in [0.15, 0.2) is 18.2 Å². The van der Waals surface area contributed by atoms with Gasteiger partial charge in [0.05, 0.1) is 25.4 Å². The lowest BCUT2D eigenvalue weighted by atomic mass is 10.0. The molecule has 2 aromatic rings. The van der Waals surface area contributed by atoms with Crippen LogP contribution >= 0.6 is 0 Å². The summed E-state index contributed by atoms with van der Waals surface area (Å²) in [4.78, 5) is 31.8. The maximum atomic E-state index is 13.2. The minimum atomic E-state index is -0.300. The summed E-state index contributed by atoms with van der Waals surface area (Å²) in [6.45, 7) is 9.11. The topological polar surface area (TPSA) is 145 Å². The number of morpholine rings is 1. The van der Waals surface area contributed by atoms with E-state index in [0.717, 1.165) is 31.6 Å². The smallest absolute Gasteiger partial charge is 0.248 e. The lowest BCUT2D eigenvalue weighted by molar-refractivity contribution is -0.118. The van der Waals surface area contributed by atoms with Gasteiger partial charge in [0.2, 0.25) is 23.8 Å². The van der Waals surface area contributed by atoms with Gasteiger partial charge in [-0.15, -0.1) is 0 Å². The SMILES string of the molecule is C=C(C(=O)N[C@@H]1CCCNC1)[C@@H]1C[C@H](OC)CN1c1nc(Nc2cc(C3CC3)[nH]n2)nc(N2CCOCC2)n1. The van der Waals surface area contributed by atoms with Crippen molar-refractivity contribution in [1.29, 1.82) is 0 Å². The second-order valence-electron chi connectivity index (χ2n) is 10.8. The van der Waals surface area contributed by atoms with Crippen LogP contribution in [0.2, 0.25) is 0 Å². The van der Waals surface area contributed by atoms with Crippen LogP contribution in [0.1, 0.15) is 43.7 Å². The summed E-state index contributed by atoms with van der Waals surface area (Å²) >= 11 is 0. The number of methoxy groups -OCH3 is 1. The molecule has 3 atom stereocenters. The van der Waals surface area contributed by atoms with Gasteiger partial charge in [-0.3, -0.25) is 9.89 Å². The van der Waals surface area contributed by atoms with Crippen LogP contribution < -0.4 is 25.8 Å². The highest BCUT2D eigenvalue weighted by atomic mass is 16.5. The number of piperidine rings is 1. The molecular formula is C26H38N10O3. The van der Waals surface area contributed by atoms with Gasteiger partial charge in [0.15, 0.2) is 5.82 Å². The molecule has 3 aliphatic heterocycles. The van der Waals surface area contributed by atoms with Gasteiger partial charge in [0.1, 0.15) is 0 Å². The van der Waals surface area contributed by atoms with Gasteiger partial charge in [-0.25, -0.2) is 0 Å². The molecule has 4 N–H and O–H groups in total. The number of hydrogen-bond donors (Lipinski definition) is 4. The first kappa shape index (κ1) is 26.0. The number of carbonyl (C=O) groups is 1. The van der Waals surface area contributed by atoms with E-state index in [9.17, 15) is 4.79 Å². The molecule has 3 saturated heterocycles. The van der Waals surface area contributed by atoms with Crippen molar-refractivity contribution in [3.63, 3.8) is 0 Å². The Labute approximate surface area is 228 Å². The highest BCUT2D eigenvalue weighted by Gasteiger charge is 2.39. The molecule has 1 saturated carbocycles. The van der Waals surface area contributed by atoms with Gasteiger partial charge < -0.3 is 35.2 Å². The number of nitrogens with zero attached hydrogens (tertiary/aromatic N) is 6. The number of rotatable bonds is 9. The van der Waals surface area contributed by atoms with Crippen LogP contribution in [0.5, 0.6) is 0 Å². The van der Waals surface area contributed by atoms with E-state index in [-0.39, 0.29) is 24.1 Å². The summed E-state index contributed by atoms with van der Waals surface area (Å²) in [6.07, 6.45) is 4.92. The second-order valence-corrected chi connectivity index (χ2v) is 10.8. The van der Waals surface area contributed by atoms with Crippen LogP contribution in [0.3, 0.4) is 0 Å². The number of anilines is 4. The van der Waals surface area contributed by atoms with Gasteiger partial charge >= 0.3 is 0 Å². The van der Waals surface area contributed by atoms with Crippen LogP contribution in [0, 0.1) is 0 Å². The average molecular weight is 539 g/mol. The standard InChI is InChI=1S/C26H38N10O3/c1-16(23(37)28-18-4-3-7-27-14-18)21-12-19(38-2)15-36(21)26-31-24(29-22-13-20(33-34-22)17-5-6-17)30-25(32-26)35-8-10-39-11-9-35/h13,17-19,21,27H,1,3-12,14-15H2,2H3,(H,28,37)(H2,29,30,31,32,33,34)/t18-,19+,21+/m1/s1. The Kier molecular flexibility index (Phi) is 7.62. The first-order chi connectivity index (χ1) is 19.1. The van der Waals surface area contributed by atoms with E-state index in [4.69, 9.17) is 24.4 Å². The van der Waals surface area contributed by atoms with E-state index in [1.54, 1.807) is 7.11 Å². The zero-order chi connectivity index (χ0) is 26.8. The number of ether oxygens (including phenoxy) is 2.